The average Bonchev–Trinajstić information content (AvgIpc) is 3.11. The van der Waals surface area contributed by atoms with Gasteiger partial charge in [-0.05, 0) is 45.1 Å². The molecule has 0 bridgehead atoms. The first-order valence-corrected chi connectivity index (χ1v) is 8.95. The van der Waals surface area contributed by atoms with E-state index in [4.69, 9.17) is 0 Å². The van der Waals surface area contributed by atoms with Crippen molar-refractivity contribution in [3.05, 3.63) is 0 Å². The Hall–Kier alpha value is -0.610. The fraction of sp³-hybridized carbons (Fsp3) is 0.941. The van der Waals surface area contributed by atoms with E-state index in [1.807, 2.05) is 0 Å². The SMILES string of the molecule is O=C(CN1CCCC1C1CCCCC1O)NC1CCCC1. The van der Waals surface area contributed by atoms with Gasteiger partial charge in [0.2, 0.25) is 5.91 Å². The predicted molar refractivity (Wildman–Crippen MR) is 83.0 cm³/mol. The molecule has 3 unspecified atom stereocenters. The van der Waals surface area contributed by atoms with Gasteiger partial charge in [-0.1, -0.05) is 25.7 Å². The molecule has 0 aromatic carbocycles. The van der Waals surface area contributed by atoms with Crippen molar-refractivity contribution in [2.45, 2.75) is 82.4 Å². The van der Waals surface area contributed by atoms with Crippen LogP contribution in [0, 0.1) is 5.92 Å². The topological polar surface area (TPSA) is 52.6 Å². The molecule has 3 atom stereocenters. The van der Waals surface area contributed by atoms with Crippen molar-refractivity contribution in [1.29, 1.82) is 0 Å². The standard InChI is InChI=1S/C17H30N2O2/c20-16-10-4-3-8-14(16)15-9-5-11-19(15)12-17(21)18-13-6-1-2-7-13/h13-16,20H,1-12H2,(H,18,21). The first-order chi connectivity index (χ1) is 10.2. The van der Waals surface area contributed by atoms with Crippen molar-refractivity contribution >= 4 is 5.91 Å². The summed E-state index contributed by atoms with van der Waals surface area (Å²) in [5.41, 5.74) is 0. The smallest absolute Gasteiger partial charge is 0.234 e. The summed E-state index contributed by atoms with van der Waals surface area (Å²) in [6.07, 6.45) is 11.5. The van der Waals surface area contributed by atoms with Crippen LogP contribution in [0.15, 0.2) is 0 Å². The number of nitrogens with one attached hydrogen (secondary N) is 1. The minimum absolute atomic E-state index is 0.151. The maximum Gasteiger partial charge on any atom is 0.234 e. The van der Waals surface area contributed by atoms with Crippen LogP contribution in [0.5, 0.6) is 0 Å². The monoisotopic (exact) mass is 294 g/mol. The molecule has 2 saturated carbocycles. The maximum atomic E-state index is 12.2. The highest BCUT2D eigenvalue weighted by molar-refractivity contribution is 5.78. The van der Waals surface area contributed by atoms with Gasteiger partial charge in [-0.25, -0.2) is 0 Å². The van der Waals surface area contributed by atoms with Gasteiger partial charge in [0, 0.05) is 18.0 Å². The fourth-order valence-corrected chi connectivity index (χ4v) is 4.65. The first kappa shape index (κ1) is 15.3. The van der Waals surface area contributed by atoms with Crippen LogP contribution in [0.25, 0.3) is 0 Å². The normalized spacial score (nSPS) is 35.2. The number of amides is 1. The van der Waals surface area contributed by atoms with Crippen LogP contribution in [0.4, 0.5) is 0 Å². The van der Waals surface area contributed by atoms with Crippen LogP contribution in [-0.2, 0) is 4.79 Å². The molecule has 3 rings (SSSR count). The average molecular weight is 294 g/mol. The molecule has 0 radical (unpaired) electrons. The Morgan fingerprint density at radius 3 is 2.48 bits per heavy atom. The second-order valence-electron chi connectivity index (χ2n) is 7.24. The highest BCUT2D eigenvalue weighted by Gasteiger charge is 2.37. The quantitative estimate of drug-likeness (QED) is 0.834. The van der Waals surface area contributed by atoms with E-state index in [1.165, 1.54) is 25.7 Å². The lowest BCUT2D eigenvalue weighted by Gasteiger charge is -2.37. The highest BCUT2D eigenvalue weighted by atomic mass is 16.3. The van der Waals surface area contributed by atoms with Crippen LogP contribution >= 0.6 is 0 Å². The molecule has 4 heteroatoms. The number of carbonyl (C=O) groups excluding carboxylic acids is 1. The van der Waals surface area contributed by atoms with Crippen molar-refractivity contribution < 1.29 is 9.90 Å². The zero-order chi connectivity index (χ0) is 14.7. The highest BCUT2D eigenvalue weighted by Crippen LogP contribution is 2.34. The number of nitrogens with zero attached hydrogens (tertiary/aromatic N) is 1. The number of aliphatic hydroxyl groups excluding tert-OH is 1. The van der Waals surface area contributed by atoms with E-state index in [-0.39, 0.29) is 12.0 Å². The van der Waals surface area contributed by atoms with Crippen LogP contribution < -0.4 is 5.32 Å². The number of aliphatic hydroxyl groups is 1. The predicted octanol–water partition coefficient (Wildman–Crippen LogP) is 2.06. The summed E-state index contributed by atoms with van der Waals surface area (Å²) in [6, 6.07) is 0.841. The van der Waals surface area contributed by atoms with E-state index in [2.05, 4.69) is 10.2 Å². The Morgan fingerprint density at radius 2 is 1.71 bits per heavy atom. The molecule has 3 aliphatic rings. The zero-order valence-corrected chi connectivity index (χ0v) is 13.1. The molecule has 1 aliphatic heterocycles. The Labute approximate surface area is 128 Å². The Morgan fingerprint density at radius 1 is 1.00 bits per heavy atom. The van der Waals surface area contributed by atoms with E-state index in [1.54, 1.807) is 0 Å². The molecule has 2 aliphatic carbocycles. The summed E-state index contributed by atoms with van der Waals surface area (Å²) >= 11 is 0. The first-order valence-electron chi connectivity index (χ1n) is 8.95. The maximum absolute atomic E-state index is 12.2. The van der Waals surface area contributed by atoms with Gasteiger partial charge in [-0.2, -0.15) is 0 Å². The van der Waals surface area contributed by atoms with E-state index >= 15 is 0 Å². The lowest BCUT2D eigenvalue weighted by molar-refractivity contribution is -0.123. The Bertz CT molecular complexity index is 355. The fourth-order valence-electron chi connectivity index (χ4n) is 4.65. The van der Waals surface area contributed by atoms with Crippen LogP contribution in [0.2, 0.25) is 0 Å². The third kappa shape index (κ3) is 3.78. The lowest BCUT2D eigenvalue weighted by atomic mass is 9.80. The third-order valence-corrected chi connectivity index (χ3v) is 5.76. The van der Waals surface area contributed by atoms with Crippen LogP contribution in [0.3, 0.4) is 0 Å². The lowest BCUT2D eigenvalue weighted by Crippen LogP contribution is -2.47. The molecule has 0 aromatic heterocycles. The van der Waals surface area contributed by atoms with E-state index < -0.39 is 0 Å². The van der Waals surface area contributed by atoms with Gasteiger partial charge in [0.1, 0.15) is 0 Å². The summed E-state index contributed by atoms with van der Waals surface area (Å²) in [7, 11) is 0. The molecule has 1 heterocycles. The van der Waals surface area contributed by atoms with Gasteiger partial charge in [0.15, 0.2) is 0 Å². The zero-order valence-electron chi connectivity index (χ0n) is 13.1. The second-order valence-corrected chi connectivity index (χ2v) is 7.24. The van der Waals surface area contributed by atoms with Gasteiger partial charge >= 0.3 is 0 Å². The number of carbonyl (C=O) groups is 1. The second kappa shape index (κ2) is 7.10. The summed E-state index contributed by atoms with van der Waals surface area (Å²) in [4.78, 5) is 14.6. The van der Waals surface area contributed by atoms with Crippen molar-refractivity contribution in [2.24, 2.45) is 5.92 Å². The molecule has 1 saturated heterocycles. The minimum Gasteiger partial charge on any atom is -0.393 e. The van der Waals surface area contributed by atoms with Gasteiger partial charge in [-0.15, -0.1) is 0 Å². The van der Waals surface area contributed by atoms with Crippen LogP contribution in [0.1, 0.15) is 64.2 Å². The van der Waals surface area contributed by atoms with Crippen LogP contribution in [-0.4, -0.2) is 47.2 Å². The van der Waals surface area contributed by atoms with Crippen molar-refractivity contribution in [1.82, 2.24) is 10.2 Å². The Balaban J connectivity index is 1.52. The number of rotatable bonds is 4. The molecule has 0 aromatic rings. The molecule has 4 nitrogen and oxygen atoms in total. The third-order valence-electron chi connectivity index (χ3n) is 5.76. The molecule has 3 fully saturated rings. The molecular weight excluding hydrogens is 264 g/mol. The summed E-state index contributed by atoms with van der Waals surface area (Å²) < 4.78 is 0. The minimum atomic E-state index is -0.151. The van der Waals surface area contributed by atoms with E-state index in [9.17, 15) is 9.90 Å². The molecule has 21 heavy (non-hydrogen) atoms. The van der Waals surface area contributed by atoms with Gasteiger partial charge < -0.3 is 10.4 Å². The molecule has 0 spiro atoms. The van der Waals surface area contributed by atoms with Crippen molar-refractivity contribution in [2.75, 3.05) is 13.1 Å². The molecule has 120 valence electrons. The summed E-state index contributed by atoms with van der Waals surface area (Å²) in [6.45, 7) is 1.55. The van der Waals surface area contributed by atoms with Gasteiger partial charge in [0.25, 0.3) is 0 Å². The molecule has 2 N–H and O–H groups in total. The van der Waals surface area contributed by atoms with Crippen molar-refractivity contribution in [3.8, 4) is 0 Å². The molecular formula is C17H30N2O2. The molecule has 1 amide bonds. The van der Waals surface area contributed by atoms with Gasteiger partial charge in [-0.3, -0.25) is 9.69 Å². The number of hydrogen-bond donors (Lipinski definition) is 2. The Kier molecular flexibility index (Phi) is 5.17. The summed E-state index contributed by atoms with van der Waals surface area (Å²) in [5, 5.41) is 13.5. The van der Waals surface area contributed by atoms with E-state index in [0.29, 0.717) is 24.5 Å². The number of likely N-dealkylation sites (tertiary alicyclic amines) is 1. The largest absolute Gasteiger partial charge is 0.393 e. The number of hydrogen-bond acceptors (Lipinski definition) is 3. The van der Waals surface area contributed by atoms with E-state index in [0.717, 1.165) is 45.1 Å². The van der Waals surface area contributed by atoms with Crippen molar-refractivity contribution in [3.63, 3.8) is 0 Å². The van der Waals surface area contributed by atoms with Gasteiger partial charge in [0.05, 0.1) is 12.6 Å². The summed E-state index contributed by atoms with van der Waals surface area (Å²) in [5.74, 6) is 0.583.